The summed E-state index contributed by atoms with van der Waals surface area (Å²) in [5, 5.41) is 18.4. The van der Waals surface area contributed by atoms with E-state index in [1.165, 1.54) is 141 Å². The van der Waals surface area contributed by atoms with Gasteiger partial charge in [0.15, 0.2) is 6.10 Å². The summed E-state index contributed by atoms with van der Waals surface area (Å²) in [6.45, 7) is 2.34. The van der Waals surface area contributed by atoms with Gasteiger partial charge in [0, 0.05) is 12.8 Å². The van der Waals surface area contributed by atoms with Gasteiger partial charge in [-0.05, 0) is 51.4 Å². The first-order valence-corrected chi connectivity index (χ1v) is 26.4. The first kappa shape index (κ1) is 59.2. The zero-order valence-electron chi connectivity index (χ0n) is 39.1. The average molecular weight is 885 g/mol. The van der Waals surface area contributed by atoms with Crippen LogP contribution < -0.4 is 0 Å². The van der Waals surface area contributed by atoms with Crippen LogP contribution in [0.5, 0.6) is 0 Å². The smallest absolute Gasteiger partial charge is 0.462 e. The molecule has 358 valence electrons. The number of hydrogen-bond donors (Lipinski definition) is 3. The predicted molar refractivity (Wildman–Crippen MR) is 251 cm³/mol. The van der Waals surface area contributed by atoms with Crippen LogP contribution in [0.3, 0.4) is 0 Å². The number of rotatable bonds is 47. The molecule has 0 spiro atoms. The Morgan fingerprint density at radius 3 is 1.31 bits per heavy atom. The molecule has 0 aliphatic heterocycles. The quantitative estimate of drug-likeness (QED) is 0.0233. The van der Waals surface area contributed by atoms with E-state index in [4.69, 9.17) is 23.6 Å². The summed E-state index contributed by atoms with van der Waals surface area (Å²) in [5.41, 5.74) is 0. The zero-order valence-corrected chi connectivity index (χ0v) is 40.0. The van der Waals surface area contributed by atoms with Gasteiger partial charge in [0.1, 0.15) is 12.7 Å². The summed E-state index contributed by atoms with van der Waals surface area (Å²) < 4.78 is 32.8. The lowest BCUT2D eigenvalue weighted by molar-refractivity contribution is -0.161. The van der Waals surface area contributed by atoms with Crippen molar-refractivity contribution in [1.29, 1.82) is 0 Å². The molecule has 0 aliphatic carbocycles. The maximum atomic E-state index is 12.6. The molecule has 0 aromatic carbocycles. The van der Waals surface area contributed by atoms with Gasteiger partial charge >= 0.3 is 19.8 Å². The fourth-order valence-corrected chi connectivity index (χ4v) is 7.73. The molecule has 3 N–H and O–H groups in total. The second-order valence-corrected chi connectivity index (χ2v) is 18.3. The molecule has 0 saturated carbocycles. The van der Waals surface area contributed by atoms with Crippen molar-refractivity contribution in [3.8, 4) is 0 Å². The lowest BCUT2D eigenvalue weighted by Gasteiger charge is -2.20. The third kappa shape index (κ3) is 46.0. The molecular formula is C50H93O10P. The van der Waals surface area contributed by atoms with Gasteiger partial charge in [0.2, 0.25) is 0 Å². The number of carbonyl (C=O) groups excluding carboxylic acids is 2. The highest BCUT2D eigenvalue weighted by Gasteiger charge is 2.27. The standard InChI is InChI=1S/C50H93O10P/c1-3-5-7-9-11-13-15-17-19-20-21-22-23-24-25-26-28-29-31-33-35-37-39-41-49(53)57-45-48(46-59-61(55,56)58-44-47(52)43-51)60-50(54)42-40-38-36-34-32-30-27-18-16-14-12-10-8-6-4-2/h12,14,18,27,32,34,47-48,51-52H,3-11,13,15-17,19-26,28-31,33,35-46H2,1-2H3,(H,55,56)/b14-12+,27-18+,34-32+/t47-,48+/m1/s1. The Balaban J connectivity index is 4.16. The van der Waals surface area contributed by atoms with Gasteiger partial charge < -0.3 is 24.6 Å². The minimum absolute atomic E-state index is 0.137. The van der Waals surface area contributed by atoms with Crippen LogP contribution in [-0.4, -0.2) is 65.7 Å². The average Bonchev–Trinajstić information content (AvgIpc) is 3.25. The largest absolute Gasteiger partial charge is 0.472 e. The zero-order chi connectivity index (χ0) is 44.8. The van der Waals surface area contributed by atoms with Crippen LogP contribution in [0.4, 0.5) is 0 Å². The first-order valence-electron chi connectivity index (χ1n) is 24.9. The number of esters is 2. The summed E-state index contributed by atoms with van der Waals surface area (Å²) in [6, 6.07) is 0. The van der Waals surface area contributed by atoms with E-state index in [1.54, 1.807) is 0 Å². The third-order valence-corrected chi connectivity index (χ3v) is 11.7. The number of allylic oxidation sites excluding steroid dienone is 6. The Bertz CT molecular complexity index is 1110. The number of aliphatic hydroxyl groups is 2. The van der Waals surface area contributed by atoms with Crippen LogP contribution in [-0.2, 0) is 32.7 Å². The van der Waals surface area contributed by atoms with E-state index < -0.39 is 51.8 Å². The highest BCUT2D eigenvalue weighted by atomic mass is 31.2. The van der Waals surface area contributed by atoms with Crippen molar-refractivity contribution in [3.63, 3.8) is 0 Å². The molecule has 3 atom stereocenters. The molecule has 0 amide bonds. The summed E-state index contributed by atoms with van der Waals surface area (Å²) in [6.07, 6.45) is 49.8. The molecule has 1 unspecified atom stereocenters. The van der Waals surface area contributed by atoms with E-state index in [1.807, 2.05) is 0 Å². The van der Waals surface area contributed by atoms with Crippen LogP contribution in [0.1, 0.15) is 232 Å². The van der Waals surface area contributed by atoms with Crippen molar-refractivity contribution in [2.24, 2.45) is 0 Å². The van der Waals surface area contributed by atoms with Gasteiger partial charge in [-0.2, -0.15) is 0 Å². The maximum Gasteiger partial charge on any atom is 0.472 e. The fraction of sp³-hybridized carbons (Fsp3) is 0.840. The van der Waals surface area contributed by atoms with Crippen LogP contribution in [0.25, 0.3) is 0 Å². The van der Waals surface area contributed by atoms with Crippen LogP contribution in [0.2, 0.25) is 0 Å². The Morgan fingerprint density at radius 1 is 0.492 bits per heavy atom. The molecule has 10 nitrogen and oxygen atoms in total. The summed E-state index contributed by atoms with van der Waals surface area (Å²) >= 11 is 0. The Kier molecular flexibility index (Phi) is 44.8. The number of hydrogen-bond acceptors (Lipinski definition) is 9. The number of carbonyl (C=O) groups is 2. The van der Waals surface area contributed by atoms with Crippen molar-refractivity contribution in [2.75, 3.05) is 26.4 Å². The SMILES string of the molecule is CCCCC/C=C/C/C=C/C/C=C/CCCCC(=O)O[C@@H](COC(=O)CCCCCCCCCCCCCCCCCCCCCCCCC)COP(=O)(O)OC[C@H](O)CO. The van der Waals surface area contributed by atoms with Crippen molar-refractivity contribution < 1.29 is 47.8 Å². The molecule has 0 fully saturated rings. The molecule has 0 bridgehead atoms. The topological polar surface area (TPSA) is 149 Å². The monoisotopic (exact) mass is 885 g/mol. The molecular weight excluding hydrogens is 792 g/mol. The van der Waals surface area contributed by atoms with Crippen molar-refractivity contribution >= 4 is 19.8 Å². The maximum absolute atomic E-state index is 12.6. The van der Waals surface area contributed by atoms with E-state index >= 15 is 0 Å². The molecule has 0 aliphatic rings. The summed E-state index contributed by atoms with van der Waals surface area (Å²) in [4.78, 5) is 35.1. The number of unbranched alkanes of at least 4 members (excludes halogenated alkanes) is 27. The highest BCUT2D eigenvalue weighted by Crippen LogP contribution is 2.43. The number of phosphoric ester groups is 1. The van der Waals surface area contributed by atoms with Crippen molar-refractivity contribution in [2.45, 2.75) is 244 Å². The van der Waals surface area contributed by atoms with E-state index in [-0.39, 0.29) is 19.4 Å². The third-order valence-electron chi connectivity index (χ3n) is 10.8. The molecule has 0 aromatic rings. The number of phosphoric acid groups is 1. The van der Waals surface area contributed by atoms with Crippen LogP contribution >= 0.6 is 7.82 Å². The van der Waals surface area contributed by atoms with Gasteiger partial charge in [-0.1, -0.05) is 204 Å². The Labute approximate surface area is 373 Å². The van der Waals surface area contributed by atoms with E-state index in [2.05, 4.69) is 50.3 Å². The first-order chi connectivity index (χ1) is 29.7. The molecule has 0 rings (SSSR count). The molecule has 0 radical (unpaired) electrons. The second-order valence-electron chi connectivity index (χ2n) is 16.8. The molecule has 0 heterocycles. The Morgan fingerprint density at radius 2 is 0.852 bits per heavy atom. The van der Waals surface area contributed by atoms with Gasteiger partial charge in [0.25, 0.3) is 0 Å². The fourth-order valence-electron chi connectivity index (χ4n) is 6.94. The van der Waals surface area contributed by atoms with Crippen molar-refractivity contribution in [3.05, 3.63) is 36.5 Å². The van der Waals surface area contributed by atoms with Gasteiger partial charge in [-0.25, -0.2) is 4.57 Å². The molecule has 61 heavy (non-hydrogen) atoms. The van der Waals surface area contributed by atoms with Gasteiger partial charge in [0.05, 0.1) is 19.8 Å². The second kappa shape index (κ2) is 46.2. The minimum atomic E-state index is -4.63. The number of ether oxygens (including phenoxy) is 2. The lowest BCUT2D eigenvalue weighted by Crippen LogP contribution is -2.29. The van der Waals surface area contributed by atoms with Crippen LogP contribution in [0.15, 0.2) is 36.5 Å². The summed E-state index contributed by atoms with van der Waals surface area (Å²) in [5.74, 6) is -0.960. The van der Waals surface area contributed by atoms with E-state index in [0.29, 0.717) is 12.8 Å². The van der Waals surface area contributed by atoms with Gasteiger partial charge in [-0.15, -0.1) is 0 Å². The van der Waals surface area contributed by atoms with Crippen molar-refractivity contribution in [1.82, 2.24) is 0 Å². The molecule has 0 aromatic heterocycles. The van der Waals surface area contributed by atoms with E-state index in [0.717, 1.165) is 51.4 Å². The van der Waals surface area contributed by atoms with Crippen LogP contribution in [0, 0.1) is 0 Å². The van der Waals surface area contributed by atoms with Gasteiger partial charge in [-0.3, -0.25) is 18.6 Å². The highest BCUT2D eigenvalue weighted by molar-refractivity contribution is 7.47. The van der Waals surface area contributed by atoms with E-state index in [9.17, 15) is 24.2 Å². The Hall–Kier alpha value is -1.81. The minimum Gasteiger partial charge on any atom is -0.462 e. The lowest BCUT2D eigenvalue weighted by atomic mass is 10.0. The summed E-state index contributed by atoms with van der Waals surface area (Å²) in [7, 11) is -4.63. The number of aliphatic hydroxyl groups excluding tert-OH is 2. The molecule has 0 saturated heterocycles. The normalized spacial score (nSPS) is 14.0. The predicted octanol–water partition coefficient (Wildman–Crippen LogP) is 13.9. The molecule has 11 heteroatoms.